The normalized spacial score (nSPS) is 17.4. The molecule has 2 rings (SSSR count). The van der Waals surface area contributed by atoms with E-state index in [9.17, 15) is 10.1 Å². The molecule has 1 aliphatic heterocycles. The molecular weight excluding hydrogens is 254 g/mol. The minimum absolute atomic E-state index is 0.189. The number of nitrogens with one attached hydrogen (secondary N) is 1. The summed E-state index contributed by atoms with van der Waals surface area (Å²) in [5.41, 5.74) is 1.81. The highest BCUT2D eigenvalue weighted by Gasteiger charge is 2.22. The Labute approximate surface area is 120 Å². The van der Waals surface area contributed by atoms with Gasteiger partial charge in [0.25, 0.3) is 5.69 Å². The molecule has 0 unspecified atom stereocenters. The Morgan fingerprint density at radius 3 is 2.55 bits per heavy atom. The molecule has 0 saturated carbocycles. The molecular formula is C15H23N3O2. The van der Waals surface area contributed by atoms with Crippen molar-refractivity contribution < 1.29 is 4.92 Å². The van der Waals surface area contributed by atoms with E-state index in [2.05, 4.69) is 24.1 Å². The van der Waals surface area contributed by atoms with Gasteiger partial charge in [0, 0.05) is 42.5 Å². The minimum atomic E-state index is -0.318. The predicted molar refractivity (Wildman–Crippen MR) is 81.2 cm³/mol. The molecule has 1 saturated heterocycles. The molecule has 1 aliphatic rings. The van der Waals surface area contributed by atoms with Gasteiger partial charge in [0.05, 0.1) is 4.92 Å². The number of anilines is 1. The van der Waals surface area contributed by atoms with Crippen molar-refractivity contribution >= 4 is 11.4 Å². The minimum Gasteiger partial charge on any atom is -0.382 e. The van der Waals surface area contributed by atoms with Crippen molar-refractivity contribution in [3.8, 4) is 0 Å². The number of hydrogen-bond acceptors (Lipinski definition) is 4. The van der Waals surface area contributed by atoms with Gasteiger partial charge in [-0.25, -0.2) is 0 Å². The fourth-order valence-electron chi connectivity index (χ4n) is 2.76. The number of nitrogens with zero attached hydrogens (tertiary/aromatic N) is 2. The van der Waals surface area contributed by atoms with Crippen LogP contribution in [-0.2, 0) is 0 Å². The fourth-order valence-corrected chi connectivity index (χ4v) is 2.76. The molecule has 110 valence electrons. The van der Waals surface area contributed by atoms with Crippen molar-refractivity contribution in [3.63, 3.8) is 0 Å². The maximum Gasteiger partial charge on any atom is 0.274 e. The molecule has 1 heterocycles. The highest BCUT2D eigenvalue weighted by molar-refractivity contribution is 5.60. The van der Waals surface area contributed by atoms with E-state index in [0.29, 0.717) is 12.1 Å². The summed E-state index contributed by atoms with van der Waals surface area (Å²) < 4.78 is 0. The van der Waals surface area contributed by atoms with Crippen molar-refractivity contribution in [3.05, 3.63) is 33.9 Å². The Balaban J connectivity index is 2.01. The molecule has 0 atom stereocenters. The van der Waals surface area contributed by atoms with E-state index in [4.69, 9.17) is 0 Å². The summed E-state index contributed by atoms with van der Waals surface area (Å²) in [6, 6.07) is 6.23. The summed E-state index contributed by atoms with van der Waals surface area (Å²) in [6.07, 6.45) is 2.17. The second kappa shape index (κ2) is 6.22. The topological polar surface area (TPSA) is 58.4 Å². The number of nitro benzene ring substituents is 1. The molecule has 1 aromatic carbocycles. The largest absolute Gasteiger partial charge is 0.382 e. The third-order valence-electron chi connectivity index (χ3n) is 4.12. The smallest absolute Gasteiger partial charge is 0.274 e. The van der Waals surface area contributed by atoms with Gasteiger partial charge in [-0.05, 0) is 39.7 Å². The molecule has 0 bridgehead atoms. The van der Waals surface area contributed by atoms with Gasteiger partial charge in [0.15, 0.2) is 0 Å². The highest BCUT2D eigenvalue weighted by Crippen LogP contribution is 2.27. The first-order valence-electron chi connectivity index (χ1n) is 7.23. The maximum absolute atomic E-state index is 11.0. The van der Waals surface area contributed by atoms with E-state index in [-0.39, 0.29) is 10.6 Å². The van der Waals surface area contributed by atoms with E-state index in [0.717, 1.165) is 37.2 Å². The van der Waals surface area contributed by atoms with Crippen LogP contribution in [0, 0.1) is 17.0 Å². The molecule has 0 spiro atoms. The lowest BCUT2D eigenvalue weighted by atomic mass is 10.0. The zero-order chi connectivity index (χ0) is 14.7. The Kier molecular flexibility index (Phi) is 4.60. The Bertz CT molecular complexity index is 480. The molecule has 1 aromatic rings. The summed E-state index contributed by atoms with van der Waals surface area (Å²) in [5, 5.41) is 14.4. The number of likely N-dealkylation sites (tertiary alicyclic amines) is 1. The average molecular weight is 277 g/mol. The number of rotatable bonds is 4. The Hall–Kier alpha value is -1.62. The van der Waals surface area contributed by atoms with Gasteiger partial charge >= 0.3 is 0 Å². The molecule has 5 nitrogen and oxygen atoms in total. The van der Waals surface area contributed by atoms with Crippen molar-refractivity contribution in [2.45, 2.75) is 45.7 Å². The maximum atomic E-state index is 11.0. The summed E-state index contributed by atoms with van der Waals surface area (Å²) in [6.45, 7) is 8.42. The van der Waals surface area contributed by atoms with Crippen molar-refractivity contribution in [1.29, 1.82) is 0 Å². The van der Waals surface area contributed by atoms with Crippen LogP contribution in [0.25, 0.3) is 0 Å². The van der Waals surface area contributed by atoms with E-state index in [1.54, 1.807) is 12.1 Å². The monoisotopic (exact) mass is 277 g/mol. The van der Waals surface area contributed by atoms with E-state index in [1.165, 1.54) is 0 Å². The van der Waals surface area contributed by atoms with Crippen molar-refractivity contribution in [2.75, 3.05) is 18.4 Å². The number of piperidine rings is 1. The van der Waals surface area contributed by atoms with Crippen LogP contribution in [0.3, 0.4) is 0 Å². The summed E-state index contributed by atoms with van der Waals surface area (Å²) in [4.78, 5) is 13.1. The fraction of sp³-hybridized carbons (Fsp3) is 0.600. The van der Waals surface area contributed by atoms with Gasteiger partial charge in [0.2, 0.25) is 0 Å². The van der Waals surface area contributed by atoms with Gasteiger partial charge in [-0.3, -0.25) is 10.1 Å². The average Bonchev–Trinajstić information content (AvgIpc) is 2.41. The van der Waals surface area contributed by atoms with Crippen molar-refractivity contribution in [1.82, 2.24) is 4.90 Å². The van der Waals surface area contributed by atoms with Crippen LogP contribution in [0.5, 0.6) is 0 Å². The molecule has 0 amide bonds. The van der Waals surface area contributed by atoms with Gasteiger partial charge in [0.1, 0.15) is 0 Å². The SMILES string of the molecule is Cc1c(NC2CCN(C(C)C)CC2)cccc1[N+](=O)[O-]. The van der Waals surface area contributed by atoms with E-state index >= 15 is 0 Å². The van der Waals surface area contributed by atoms with Gasteiger partial charge in [-0.2, -0.15) is 0 Å². The Morgan fingerprint density at radius 1 is 1.35 bits per heavy atom. The van der Waals surface area contributed by atoms with Crippen LogP contribution in [0.4, 0.5) is 11.4 Å². The summed E-state index contributed by atoms with van der Waals surface area (Å²) in [7, 11) is 0. The van der Waals surface area contributed by atoms with Crippen LogP contribution in [0.1, 0.15) is 32.3 Å². The quantitative estimate of drug-likeness (QED) is 0.678. The molecule has 5 heteroatoms. The molecule has 0 radical (unpaired) electrons. The van der Waals surface area contributed by atoms with Gasteiger partial charge < -0.3 is 10.2 Å². The van der Waals surface area contributed by atoms with E-state index < -0.39 is 0 Å². The van der Waals surface area contributed by atoms with Crippen LogP contribution in [-0.4, -0.2) is 35.0 Å². The van der Waals surface area contributed by atoms with Gasteiger partial charge in [-0.15, -0.1) is 0 Å². The van der Waals surface area contributed by atoms with Crippen LogP contribution < -0.4 is 5.32 Å². The molecule has 1 N–H and O–H groups in total. The second-order valence-electron chi connectivity index (χ2n) is 5.76. The molecule has 20 heavy (non-hydrogen) atoms. The summed E-state index contributed by atoms with van der Waals surface area (Å²) in [5.74, 6) is 0. The summed E-state index contributed by atoms with van der Waals surface area (Å²) >= 11 is 0. The molecule has 0 aliphatic carbocycles. The lowest BCUT2D eigenvalue weighted by Crippen LogP contribution is -2.42. The van der Waals surface area contributed by atoms with Crippen LogP contribution >= 0.6 is 0 Å². The highest BCUT2D eigenvalue weighted by atomic mass is 16.6. The van der Waals surface area contributed by atoms with Crippen LogP contribution in [0.15, 0.2) is 18.2 Å². The van der Waals surface area contributed by atoms with E-state index in [1.807, 2.05) is 13.0 Å². The standard InChI is InChI=1S/C15H23N3O2/c1-11(2)17-9-7-13(8-10-17)16-14-5-4-6-15(12(14)3)18(19)20/h4-6,11,13,16H,7-10H2,1-3H3. The zero-order valence-corrected chi connectivity index (χ0v) is 12.4. The molecule has 0 aromatic heterocycles. The number of nitro groups is 1. The number of benzene rings is 1. The molecule has 1 fully saturated rings. The van der Waals surface area contributed by atoms with Crippen LogP contribution in [0.2, 0.25) is 0 Å². The number of hydrogen-bond donors (Lipinski definition) is 1. The first kappa shape index (κ1) is 14.8. The lowest BCUT2D eigenvalue weighted by molar-refractivity contribution is -0.385. The third-order valence-corrected chi connectivity index (χ3v) is 4.12. The first-order chi connectivity index (χ1) is 9.49. The predicted octanol–water partition coefficient (Wildman–Crippen LogP) is 3.19. The zero-order valence-electron chi connectivity index (χ0n) is 12.4. The first-order valence-corrected chi connectivity index (χ1v) is 7.23. The lowest BCUT2D eigenvalue weighted by Gasteiger charge is -2.35. The Morgan fingerprint density at radius 2 is 2.00 bits per heavy atom. The van der Waals surface area contributed by atoms with Gasteiger partial charge in [-0.1, -0.05) is 6.07 Å². The van der Waals surface area contributed by atoms with Crippen molar-refractivity contribution in [2.24, 2.45) is 0 Å². The second-order valence-corrected chi connectivity index (χ2v) is 5.76. The third kappa shape index (κ3) is 3.28.